The third-order valence-electron chi connectivity index (χ3n) is 2.89. The molecule has 0 spiro atoms. The molecular formula is C16H15F3N2O2. The molecule has 0 bridgehead atoms. The summed E-state index contributed by atoms with van der Waals surface area (Å²) in [5.74, 6) is 0. The third-order valence-corrected chi connectivity index (χ3v) is 2.89. The lowest BCUT2D eigenvalue weighted by Gasteiger charge is -2.11. The molecule has 2 rings (SSSR count). The number of alkyl halides is 3. The lowest BCUT2D eigenvalue weighted by Crippen LogP contribution is -2.13. The number of nitrogens with one attached hydrogen (secondary N) is 2. The summed E-state index contributed by atoms with van der Waals surface area (Å²) in [7, 11) is 0. The average molecular weight is 324 g/mol. The Morgan fingerprint density at radius 2 is 1.70 bits per heavy atom. The predicted molar refractivity (Wildman–Crippen MR) is 81.8 cm³/mol. The van der Waals surface area contributed by atoms with E-state index in [1.807, 2.05) is 0 Å². The van der Waals surface area contributed by atoms with Crippen molar-refractivity contribution in [3.63, 3.8) is 0 Å². The van der Waals surface area contributed by atoms with Gasteiger partial charge in [0.05, 0.1) is 12.2 Å². The van der Waals surface area contributed by atoms with Crippen LogP contribution in [0.5, 0.6) is 0 Å². The molecule has 2 aromatic rings. The Morgan fingerprint density at radius 1 is 1.04 bits per heavy atom. The van der Waals surface area contributed by atoms with Crippen molar-refractivity contribution in [3.8, 4) is 0 Å². The first kappa shape index (κ1) is 16.7. The van der Waals surface area contributed by atoms with Crippen molar-refractivity contribution in [2.75, 3.05) is 17.2 Å². The molecule has 0 heterocycles. The number of halogens is 3. The maximum absolute atomic E-state index is 12.7. The zero-order chi connectivity index (χ0) is 16.9. The molecule has 122 valence electrons. The number of carbonyl (C=O) groups is 1. The van der Waals surface area contributed by atoms with Gasteiger partial charge < -0.3 is 10.1 Å². The van der Waals surface area contributed by atoms with Crippen molar-refractivity contribution in [1.29, 1.82) is 0 Å². The summed E-state index contributed by atoms with van der Waals surface area (Å²) in [5.41, 5.74) is 0.728. The molecule has 1 amide bonds. The number of benzene rings is 2. The summed E-state index contributed by atoms with van der Waals surface area (Å²) >= 11 is 0. The van der Waals surface area contributed by atoms with E-state index in [2.05, 4.69) is 10.6 Å². The Morgan fingerprint density at radius 3 is 2.30 bits per heavy atom. The zero-order valence-corrected chi connectivity index (χ0v) is 12.3. The normalized spacial score (nSPS) is 11.0. The highest BCUT2D eigenvalue weighted by atomic mass is 19.4. The van der Waals surface area contributed by atoms with E-state index >= 15 is 0 Å². The lowest BCUT2D eigenvalue weighted by molar-refractivity contribution is -0.137. The van der Waals surface area contributed by atoms with Crippen LogP contribution in [0, 0.1) is 0 Å². The van der Waals surface area contributed by atoms with Gasteiger partial charge >= 0.3 is 12.3 Å². The van der Waals surface area contributed by atoms with E-state index in [-0.39, 0.29) is 6.61 Å². The predicted octanol–water partition coefficient (Wildman–Crippen LogP) is 5.02. The fraction of sp³-hybridized carbons (Fsp3) is 0.188. The highest BCUT2D eigenvalue weighted by Crippen LogP contribution is 2.31. The first-order chi connectivity index (χ1) is 10.9. The van der Waals surface area contributed by atoms with E-state index in [0.29, 0.717) is 17.1 Å². The first-order valence-electron chi connectivity index (χ1n) is 6.86. The number of rotatable bonds is 4. The van der Waals surface area contributed by atoms with Gasteiger partial charge in [0.25, 0.3) is 0 Å². The summed E-state index contributed by atoms with van der Waals surface area (Å²) in [6.07, 6.45) is -4.95. The Kier molecular flexibility index (Phi) is 5.10. The second-order valence-electron chi connectivity index (χ2n) is 4.63. The molecule has 0 fully saturated rings. The zero-order valence-electron chi connectivity index (χ0n) is 12.3. The smallest absolute Gasteiger partial charge is 0.416 e. The van der Waals surface area contributed by atoms with E-state index in [1.165, 1.54) is 6.07 Å². The van der Waals surface area contributed by atoms with E-state index in [9.17, 15) is 18.0 Å². The monoisotopic (exact) mass is 324 g/mol. The fourth-order valence-corrected chi connectivity index (χ4v) is 1.86. The van der Waals surface area contributed by atoms with Crippen LogP contribution in [0.4, 0.5) is 35.0 Å². The average Bonchev–Trinajstić information content (AvgIpc) is 2.49. The molecule has 0 saturated heterocycles. The highest BCUT2D eigenvalue weighted by molar-refractivity contribution is 5.84. The van der Waals surface area contributed by atoms with Gasteiger partial charge in [-0.2, -0.15) is 13.2 Å². The molecule has 2 aromatic carbocycles. The van der Waals surface area contributed by atoms with Crippen LogP contribution in [0.3, 0.4) is 0 Å². The molecule has 0 radical (unpaired) electrons. The van der Waals surface area contributed by atoms with Gasteiger partial charge in [-0.25, -0.2) is 4.79 Å². The molecular weight excluding hydrogens is 309 g/mol. The van der Waals surface area contributed by atoms with Gasteiger partial charge in [0.1, 0.15) is 0 Å². The van der Waals surface area contributed by atoms with E-state index in [0.717, 1.165) is 12.1 Å². The van der Waals surface area contributed by atoms with E-state index in [4.69, 9.17) is 4.74 Å². The summed E-state index contributed by atoms with van der Waals surface area (Å²) in [4.78, 5) is 11.3. The summed E-state index contributed by atoms with van der Waals surface area (Å²) in [5, 5.41) is 5.40. The summed E-state index contributed by atoms with van der Waals surface area (Å²) in [6.45, 7) is 1.96. The minimum atomic E-state index is -4.38. The van der Waals surface area contributed by atoms with Crippen molar-refractivity contribution < 1.29 is 22.7 Å². The molecule has 0 unspecified atom stereocenters. The Bertz CT molecular complexity index is 670. The molecule has 0 aliphatic heterocycles. The topological polar surface area (TPSA) is 50.4 Å². The van der Waals surface area contributed by atoms with Crippen LogP contribution in [0.2, 0.25) is 0 Å². The fourth-order valence-electron chi connectivity index (χ4n) is 1.86. The minimum absolute atomic E-state index is 0.265. The number of hydrogen-bond donors (Lipinski definition) is 2. The molecule has 0 atom stereocenters. The van der Waals surface area contributed by atoms with Gasteiger partial charge in [0.2, 0.25) is 0 Å². The molecule has 0 saturated carbocycles. The van der Waals surface area contributed by atoms with Crippen LogP contribution in [-0.4, -0.2) is 12.7 Å². The quantitative estimate of drug-likeness (QED) is 0.830. The Balaban J connectivity index is 2.05. The Hall–Kier alpha value is -2.70. The van der Waals surface area contributed by atoms with Crippen LogP contribution >= 0.6 is 0 Å². The number of ether oxygens (including phenoxy) is 1. The third kappa shape index (κ3) is 4.91. The van der Waals surface area contributed by atoms with Crippen molar-refractivity contribution >= 4 is 23.2 Å². The SMILES string of the molecule is CCOC(=O)Nc1ccc(Nc2cccc(C(F)(F)F)c2)cc1. The molecule has 0 aliphatic rings. The second-order valence-corrected chi connectivity index (χ2v) is 4.63. The number of anilines is 3. The maximum Gasteiger partial charge on any atom is 0.416 e. The van der Waals surface area contributed by atoms with E-state index < -0.39 is 17.8 Å². The minimum Gasteiger partial charge on any atom is -0.450 e. The van der Waals surface area contributed by atoms with Crippen molar-refractivity contribution in [2.45, 2.75) is 13.1 Å². The maximum atomic E-state index is 12.7. The van der Waals surface area contributed by atoms with Crippen molar-refractivity contribution in [2.24, 2.45) is 0 Å². The first-order valence-corrected chi connectivity index (χ1v) is 6.86. The van der Waals surface area contributed by atoms with Crippen molar-refractivity contribution in [3.05, 3.63) is 54.1 Å². The largest absolute Gasteiger partial charge is 0.450 e. The van der Waals surface area contributed by atoms with Gasteiger partial charge in [0.15, 0.2) is 0 Å². The van der Waals surface area contributed by atoms with Gasteiger partial charge in [-0.1, -0.05) is 6.07 Å². The van der Waals surface area contributed by atoms with Crippen LogP contribution < -0.4 is 10.6 Å². The Labute approximate surface area is 131 Å². The molecule has 0 aromatic heterocycles. The van der Waals surface area contributed by atoms with Gasteiger partial charge in [-0.15, -0.1) is 0 Å². The van der Waals surface area contributed by atoms with Crippen molar-refractivity contribution in [1.82, 2.24) is 0 Å². The summed E-state index contributed by atoms with van der Waals surface area (Å²) in [6, 6.07) is 11.4. The molecule has 0 aliphatic carbocycles. The van der Waals surface area contributed by atoms with Gasteiger partial charge in [0, 0.05) is 17.1 Å². The second kappa shape index (κ2) is 7.04. The molecule has 4 nitrogen and oxygen atoms in total. The number of hydrogen-bond acceptors (Lipinski definition) is 3. The number of amides is 1. The molecule has 7 heteroatoms. The van der Waals surface area contributed by atoms with Gasteiger partial charge in [-0.3, -0.25) is 5.32 Å². The highest BCUT2D eigenvalue weighted by Gasteiger charge is 2.30. The van der Waals surface area contributed by atoms with Crippen LogP contribution in [0.1, 0.15) is 12.5 Å². The number of carbonyl (C=O) groups excluding carboxylic acids is 1. The van der Waals surface area contributed by atoms with Crippen LogP contribution in [0.25, 0.3) is 0 Å². The van der Waals surface area contributed by atoms with Gasteiger partial charge in [-0.05, 0) is 49.4 Å². The summed E-state index contributed by atoms with van der Waals surface area (Å²) < 4.78 is 42.7. The molecule has 2 N–H and O–H groups in total. The van der Waals surface area contributed by atoms with Crippen LogP contribution in [-0.2, 0) is 10.9 Å². The van der Waals surface area contributed by atoms with Crippen LogP contribution in [0.15, 0.2) is 48.5 Å². The standard InChI is InChI=1S/C16H15F3N2O2/c1-2-23-15(22)21-13-8-6-12(7-9-13)20-14-5-3-4-11(10-14)16(17,18)19/h3-10,20H,2H2,1H3,(H,21,22). The lowest BCUT2D eigenvalue weighted by atomic mass is 10.2. The molecule has 23 heavy (non-hydrogen) atoms. The van der Waals surface area contributed by atoms with E-state index in [1.54, 1.807) is 37.3 Å².